The lowest BCUT2D eigenvalue weighted by Gasteiger charge is -2.11. The van der Waals surface area contributed by atoms with Crippen LogP contribution in [0.2, 0.25) is 5.02 Å². The van der Waals surface area contributed by atoms with Gasteiger partial charge in [-0.25, -0.2) is 4.39 Å². The fourth-order valence-corrected chi connectivity index (χ4v) is 1.19. The Labute approximate surface area is 87.7 Å². The molecule has 0 aromatic heterocycles. The summed E-state index contributed by atoms with van der Waals surface area (Å²) >= 11 is 5.59. The zero-order valence-corrected chi connectivity index (χ0v) is 8.68. The summed E-state index contributed by atoms with van der Waals surface area (Å²) in [7, 11) is 0. The minimum absolute atomic E-state index is 0.0842. The predicted octanol–water partition coefficient (Wildman–Crippen LogP) is 2.66. The van der Waals surface area contributed by atoms with E-state index in [0.717, 1.165) is 0 Å². The number of halogens is 2. The van der Waals surface area contributed by atoms with Crippen molar-refractivity contribution in [3.63, 3.8) is 0 Å². The van der Waals surface area contributed by atoms with Crippen LogP contribution >= 0.6 is 11.6 Å². The fourth-order valence-electron chi connectivity index (χ4n) is 1.01. The molecule has 4 heteroatoms. The van der Waals surface area contributed by atoms with Crippen molar-refractivity contribution in [3.05, 3.63) is 29.0 Å². The molecule has 1 aromatic carbocycles. The minimum atomic E-state index is -0.475. The summed E-state index contributed by atoms with van der Waals surface area (Å²) in [6, 6.07) is 4.73. The first-order chi connectivity index (χ1) is 6.65. The summed E-state index contributed by atoms with van der Waals surface area (Å²) < 4.78 is 13.3. The van der Waals surface area contributed by atoms with E-state index in [0.29, 0.717) is 18.7 Å². The fraction of sp³-hybridized carbons (Fsp3) is 0.400. The topological polar surface area (TPSA) is 32.3 Å². The highest BCUT2D eigenvalue weighted by molar-refractivity contribution is 6.31. The maximum Gasteiger partial charge on any atom is 0.164 e. The van der Waals surface area contributed by atoms with E-state index >= 15 is 0 Å². The Morgan fingerprint density at radius 2 is 2.29 bits per heavy atom. The van der Waals surface area contributed by atoms with Crippen molar-refractivity contribution in [2.24, 2.45) is 0 Å². The summed E-state index contributed by atoms with van der Waals surface area (Å²) in [5.74, 6) is -0.475. The normalized spacial score (nSPS) is 12.6. The summed E-state index contributed by atoms with van der Waals surface area (Å²) in [5, 5.41) is 12.1. The van der Waals surface area contributed by atoms with Crippen molar-refractivity contribution in [1.82, 2.24) is 0 Å². The van der Waals surface area contributed by atoms with Crippen LogP contribution in [0.15, 0.2) is 18.2 Å². The van der Waals surface area contributed by atoms with Crippen molar-refractivity contribution >= 4 is 17.3 Å². The molecule has 0 amide bonds. The molecule has 0 heterocycles. The average molecular weight is 218 g/mol. The number of nitrogens with one attached hydrogen (secondary N) is 1. The number of rotatable bonds is 4. The van der Waals surface area contributed by atoms with Crippen molar-refractivity contribution in [3.8, 4) is 0 Å². The van der Waals surface area contributed by atoms with E-state index in [1.165, 1.54) is 6.07 Å². The lowest BCUT2D eigenvalue weighted by atomic mass is 10.2. The predicted molar refractivity (Wildman–Crippen MR) is 56.2 cm³/mol. The van der Waals surface area contributed by atoms with E-state index in [1.54, 1.807) is 12.1 Å². The first kappa shape index (κ1) is 11.3. The maximum absolute atomic E-state index is 13.3. The molecule has 0 saturated heterocycles. The summed E-state index contributed by atoms with van der Waals surface area (Å²) in [6.07, 6.45) is 0.170. The Balaban J connectivity index is 2.63. The van der Waals surface area contributed by atoms with Gasteiger partial charge in [0.1, 0.15) is 0 Å². The molecule has 0 aliphatic rings. The molecule has 14 heavy (non-hydrogen) atoms. The molecule has 0 bridgehead atoms. The van der Waals surface area contributed by atoms with Crippen LogP contribution in [0, 0.1) is 5.82 Å². The molecular formula is C10H13ClFNO. The number of benzene rings is 1. The monoisotopic (exact) mass is 217 g/mol. The number of hydrogen-bond donors (Lipinski definition) is 2. The van der Waals surface area contributed by atoms with Gasteiger partial charge >= 0.3 is 0 Å². The van der Waals surface area contributed by atoms with Gasteiger partial charge in [0.2, 0.25) is 0 Å². The van der Waals surface area contributed by atoms with Gasteiger partial charge in [-0.1, -0.05) is 24.6 Å². The van der Waals surface area contributed by atoms with Crippen LogP contribution in [-0.2, 0) is 0 Å². The Bertz CT molecular complexity index is 306. The second-order valence-electron chi connectivity index (χ2n) is 3.04. The zero-order valence-electron chi connectivity index (χ0n) is 7.93. The zero-order chi connectivity index (χ0) is 10.6. The molecule has 0 unspecified atom stereocenters. The first-order valence-corrected chi connectivity index (χ1v) is 4.89. The van der Waals surface area contributed by atoms with Gasteiger partial charge in [-0.15, -0.1) is 0 Å². The van der Waals surface area contributed by atoms with E-state index < -0.39 is 11.9 Å². The van der Waals surface area contributed by atoms with Crippen LogP contribution in [0.4, 0.5) is 10.1 Å². The number of aliphatic hydroxyl groups excluding tert-OH is 1. The Morgan fingerprint density at radius 3 is 2.93 bits per heavy atom. The van der Waals surface area contributed by atoms with Crippen LogP contribution in [0.1, 0.15) is 13.3 Å². The van der Waals surface area contributed by atoms with Gasteiger partial charge in [0, 0.05) is 6.54 Å². The summed E-state index contributed by atoms with van der Waals surface area (Å²) in [5.41, 5.74) is 0.324. The van der Waals surface area contributed by atoms with Crippen LogP contribution in [0.25, 0.3) is 0 Å². The highest BCUT2D eigenvalue weighted by Gasteiger charge is 2.06. The minimum Gasteiger partial charge on any atom is -0.391 e. The van der Waals surface area contributed by atoms with Crippen molar-refractivity contribution in [2.45, 2.75) is 19.4 Å². The number of hydrogen-bond acceptors (Lipinski definition) is 2. The highest BCUT2D eigenvalue weighted by atomic mass is 35.5. The molecule has 2 N–H and O–H groups in total. The quantitative estimate of drug-likeness (QED) is 0.813. The second kappa shape index (κ2) is 5.17. The van der Waals surface area contributed by atoms with E-state index in [1.807, 2.05) is 6.92 Å². The molecule has 0 spiro atoms. The lowest BCUT2D eigenvalue weighted by molar-refractivity contribution is 0.183. The molecule has 2 nitrogen and oxygen atoms in total. The lowest BCUT2D eigenvalue weighted by Crippen LogP contribution is -2.18. The van der Waals surface area contributed by atoms with Gasteiger partial charge in [0.05, 0.1) is 16.8 Å². The molecule has 1 atom stereocenters. The molecule has 0 aliphatic carbocycles. The molecule has 1 rings (SSSR count). The molecule has 78 valence electrons. The van der Waals surface area contributed by atoms with Crippen molar-refractivity contribution in [1.29, 1.82) is 0 Å². The van der Waals surface area contributed by atoms with E-state index in [2.05, 4.69) is 5.32 Å². The van der Waals surface area contributed by atoms with E-state index in [-0.39, 0.29) is 5.02 Å². The second-order valence-corrected chi connectivity index (χ2v) is 3.45. The van der Waals surface area contributed by atoms with Crippen molar-refractivity contribution < 1.29 is 9.50 Å². The van der Waals surface area contributed by atoms with Crippen LogP contribution in [-0.4, -0.2) is 17.8 Å². The van der Waals surface area contributed by atoms with Gasteiger partial charge in [0.25, 0.3) is 0 Å². The third-order valence-electron chi connectivity index (χ3n) is 1.95. The third-order valence-corrected chi connectivity index (χ3v) is 2.24. The van der Waals surface area contributed by atoms with Gasteiger partial charge in [-0.05, 0) is 18.6 Å². The molecule has 0 radical (unpaired) electrons. The Hall–Kier alpha value is -0.800. The Kier molecular flexibility index (Phi) is 4.17. The van der Waals surface area contributed by atoms with E-state index in [4.69, 9.17) is 11.6 Å². The standard InChI is InChI=1S/C10H13ClFNO/c1-2-7(14)6-13-9-5-3-4-8(11)10(9)12/h3-5,7,13-14H,2,6H2,1H3/t7-/m0/s1. The van der Waals surface area contributed by atoms with Crippen LogP contribution < -0.4 is 5.32 Å². The summed E-state index contributed by atoms with van der Waals surface area (Å²) in [4.78, 5) is 0. The molecule has 0 aliphatic heterocycles. The molecule has 0 fully saturated rings. The highest BCUT2D eigenvalue weighted by Crippen LogP contribution is 2.21. The SMILES string of the molecule is CC[C@H](O)CNc1cccc(Cl)c1F. The molecule has 1 aromatic rings. The summed E-state index contributed by atoms with van der Waals surface area (Å²) in [6.45, 7) is 2.19. The molecular weight excluding hydrogens is 205 g/mol. The molecule has 0 saturated carbocycles. The smallest absolute Gasteiger partial charge is 0.164 e. The largest absolute Gasteiger partial charge is 0.391 e. The van der Waals surface area contributed by atoms with Gasteiger partial charge in [-0.3, -0.25) is 0 Å². The number of aliphatic hydroxyl groups is 1. The average Bonchev–Trinajstić information content (AvgIpc) is 2.20. The van der Waals surface area contributed by atoms with Crippen LogP contribution in [0.3, 0.4) is 0 Å². The Morgan fingerprint density at radius 1 is 1.57 bits per heavy atom. The number of anilines is 1. The van der Waals surface area contributed by atoms with Gasteiger partial charge < -0.3 is 10.4 Å². The first-order valence-electron chi connectivity index (χ1n) is 4.51. The maximum atomic E-state index is 13.3. The van der Waals surface area contributed by atoms with Crippen LogP contribution in [0.5, 0.6) is 0 Å². The van der Waals surface area contributed by atoms with Gasteiger partial charge in [0.15, 0.2) is 5.82 Å². The van der Waals surface area contributed by atoms with E-state index in [9.17, 15) is 9.50 Å². The van der Waals surface area contributed by atoms with Gasteiger partial charge in [-0.2, -0.15) is 0 Å². The van der Waals surface area contributed by atoms with Crippen molar-refractivity contribution in [2.75, 3.05) is 11.9 Å². The third kappa shape index (κ3) is 2.86.